The Morgan fingerprint density at radius 2 is 2.24 bits per heavy atom. The summed E-state index contributed by atoms with van der Waals surface area (Å²) in [7, 11) is 3.96. The summed E-state index contributed by atoms with van der Waals surface area (Å²) in [4.78, 5) is 13.8. The van der Waals surface area contributed by atoms with Crippen LogP contribution in [0.25, 0.3) is 0 Å². The number of carbonyl (C=O) groups is 1. The molecule has 0 amide bonds. The fourth-order valence-electron chi connectivity index (χ4n) is 1.42. The molecule has 1 aromatic carbocycles. The van der Waals surface area contributed by atoms with Crippen LogP contribution in [-0.4, -0.2) is 31.1 Å². The molecule has 0 fully saturated rings. The lowest BCUT2D eigenvalue weighted by atomic mass is 10.1. The predicted molar refractivity (Wildman–Crippen MR) is 67.5 cm³/mol. The Kier molecular flexibility index (Phi) is 4.74. The summed E-state index contributed by atoms with van der Waals surface area (Å²) >= 11 is 0. The van der Waals surface area contributed by atoms with E-state index in [9.17, 15) is 4.79 Å². The maximum absolute atomic E-state index is 11.7. The van der Waals surface area contributed by atoms with Crippen LogP contribution in [0.1, 0.15) is 22.8 Å². The van der Waals surface area contributed by atoms with Gasteiger partial charge in [-0.05, 0) is 38.7 Å². The molecular weight excluding hydrogens is 214 g/mol. The van der Waals surface area contributed by atoms with Gasteiger partial charge in [-0.1, -0.05) is 18.1 Å². The number of terminal acetylenes is 1. The van der Waals surface area contributed by atoms with Gasteiger partial charge in [-0.15, -0.1) is 6.42 Å². The summed E-state index contributed by atoms with van der Waals surface area (Å²) in [5.41, 5.74) is 1.60. The van der Waals surface area contributed by atoms with Crippen molar-refractivity contribution in [3.05, 3.63) is 35.4 Å². The molecule has 0 bridgehead atoms. The van der Waals surface area contributed by atoms with E-state index < -0.39 is 6.10 Å². The average Bonchev–Trinajstić information content (AvgIpc) is 2.28. The molecule has 0 radical (unpaired) electrons. The van der Waals surface area contributed by atoms with Crippen LogP contribution in [0.3, 0.4) is 0 Å². The standard InChI is InChI=1S/C14H17NO2/c1-5-11(2)17-14(16)13-8-6-7-12(9-13)10-15(3)4/h1,6-9,11H,10H2,2-4H3. The highest BCUT2D eigenvalue weighted by Crippen LogP contribution is 2.09. The van der Waals surface area contributed by atoms with Crippen molar-refractivity contribution in [1.29, 1.82) is 0 Å². The van der Waals surface area contributed by atoms with E-state index in [1.54, 1.807) is 13.0 Å². The van der Waals surface area contributed by atoms with Crippen LogP contribution in [0.2, 0.25) is 0 Å². The molecule has 0 spiro atoms. The molecular formula is C14H17NO2. The van der Waals surface area contributed by atoms with Crippen LogP contribution in [0.5, 0.6) is 0 Å². The third kappa shape index (κ3) is 4.29. The van der Waals surface area contributed by atoms with Crippen LogP contribution >= 0.6 is 0 Å². The first-order valence-electron chi connectivity index (χ1n) is 5.43. The van der Waals surface area contributed by atoms with Gasteiger partial charge >= 0.3 is 5.97 Å². The molecule has 0 aliphatic heterocycles. The minimum absolute atomic E-state index is 0.379. The summed E-state index contributed by atoms with van der Waals surface area (Å²) in [6.45, 7) is 2.45. The van der Waals surface area contributed by atoms with Gasteiger partial charge in [0.25, 0.3) is 0 Å². The van der Waals surface area contributed by atoms with Crippen LogP contribution in [0.4, 0.5) is 0 Å². The van der Waals surface area contributed by atoms with Crippen molar-refractivity contribution in [1.82, 2.24) is 4.90 Å². The van der Waals surface area contributed by atoms with Gasteiger partial charge in [0.15, 0.2) is 6.10 Å². The highest BCUT2D eigenvalue weighted by molar-refractivity contribution is 5.89. The fourth-order valence-corrected chi connectivity index (χ4v) is 1.42. The molecule has 0 N–H and O–H groups in total. The van der Waals surface area contributed by atoms with Crippen LogP contribution in [0, 0.1) is 12.3 Å². The van der Waals surface area contributed by atoms with Crippen molar-refractivity contribution in [2.24, 2.45) is 0 Å². The van der Waals surface area contributed by atoms with Crippen LogP contribution in [-0.2, 0) is 11.3 Å². The molecule has 1 unspecified atom stereocenters. The Morgan fingerprint density at radius 1 is 1.53 bits per heavy atom. The number of benzene rings is 1. The lowest BCUT2D eigenvalue weighted by Gasteiger charge is -2.11. The smallest absolute Gasteiger partial charge is 0.339 e. The number of hydrogen-bond acceptors (Lipinski definition) is 3. The van der Waals surface area contributed by atoms with E-state index in [0.717, 1.165) is 12.1 Å². The number of hydrogen-bond donors (Lipinski definition) is 0. The van der Waals surface area contributed by atoms with E-state index in [1.807, 2.05) is 37.2 Å². The summed E-state index contributed by atoms with van der Waals surface area (Å²) in [6, 6.07) is 7.37. The van der Waals surface area contributed by atoms with Crippen molar-refractivity contribution in [3.63, 3.8) is 0 Å². The molecule has 17 heavy (non-hydrogen) atoms. The number of ether oxygens (including phenoxy) is 1. The third-order valence-corrected chi connectivity index (χ3v) is 2.18. The zero-order valence-corrected chi connectivity index (χ0v) is 10.4. The Labute approximate surface area is 102 Å². The molecule has 1 aromatic rings. The summed E-state index contributed by atoms with van der Waals surface area (Å²) < 4.78 is 5.06. The van der Waals surface area contributed by atoms with Crippen molar-refractivity contribution < 1.29 is 9.53 Å². The van der Waals surface area contributed by atoms with Gasteiger partial charge in [-0.2, -0.15) is 0 Å². The molecule has 90 valence electrons. The number of rotatable bonds is 4. The fraction of sp³-hybridized carbons (Fsp3) is 0.357. The third-order valence-electron chi connectivity index (χ3n) is 2.18. The largest absolute Gasteiger partial charge is 0.446 e. The SMILES string of the molecule is C#CC(C)OC(=O)c1cccc(CN(C)C)c1. The Morgan fingerprint density at radius 3 is 2.82 bits per heavy atom. The highest BCUT2D eigenvalue weighted by Gasteiger charge is 2.10. The second-order valence-corrected chi connectivity index (χ2v) is 4.15. The second kappa shape index (κ2) is 6.07. The predicted octanol–water partition coefficient (Wildman–Crippen LogP) is 1.93. The Bertz CT molecular complexity index is 432. The monoisotopic (exact) mass is 231 g/mol. The Balaban J connectivity index is 2.78. The molecule has 0 aliphatic carbocycles. The zero-order chi connectivity index (χ0) is 12.8. The van der Waals surface area contributed by atoms with Gasteiger partial charge in [0.2, 0.25) is 0 Å². The molecule has 0 heterocycles. The first kappa shape index (κ1) is 13.3. The van der Waals surface area contributed by atoms with Gasteiger partial charge in [0.1, 0.15) is 0 Å². The number of nitrogens with zero attached hydrogens (tertiary/aromatic N) is 1. The summed E-state index contributed by atoms with van der Waals surface area (Å²) in [6.07, 6.45) is 4.66. The van der Waals surface area contributed by atoms with E-state index in [0.29, 0.717) is 5.56 Å². The highest BCUT2D eigenvalue weighted by atomic mass is 16.5. The Hall–Kier alpha value is -1.79. The van der Waals surface area contributed by atoms with E-state index >= 15 is 0 Å². The van der Waals surface area contributed by atoms with Gasteiger partial charge in [0.05, 0.1) is 5.56 Å². The first-order chi connectivity index (χ1) is 8.02. The van der Waals surface area contributed by atoms with Gasteiger partial charge < -0.3 is 9.64 Å². The molecule has 1 atom stereocenters. The molecule has 0 aromatic heterocycles. The van der Waals surface area contributed by atoms with E-state index in [4.69, 9.17) is 11.2 Å². The van der Waals surface area contributed by atoms with Gasteiger partial charge in [-0.3, -0.25) is 0 Å². The summed E-state index contributed by atoms with van der Waals surface area (Å²) in [5.74, 6) is 1.98. The maximum atomic E-state index is 11.7. The minimum atomic E-state index is -0.500. The van der Waals surface area contributed by atoms with E-state index in [-0.39, 0.29) is 5.97 Å². The zero-order valence-electron chi connectivity index (χ0n) is 10.4. The van der Waals surface area contributed by atoms with E-state index in [2.05, 4.69) is 5.92 Å². The average molecular weight is 231 g/mol. The van der Waals surface area contributed by atoms with Crippen molar-refractivity contribution in [2.75, 3.05) is 14.1 Å². The molecule has 0 saturated carbocycles. The molecule has 1 rings (SSSR count). The van der Waals surface area contributed by atoms with Gasteiger partial charge in [-0.25, -0.2) is 4.79 Å². The van der Waals surface area contributed by atoms with Gasteiger partial charge in [0, 0.05) is 6.54 Å². The lowest BCUT2D eigenvalue weighted by molar-refractivity contribution is 0.0438. The molecule has 0 aliphatic rings. The summed E-state index contributed by atoms with van der Waals surface area (Å²) in [5, 5.41) is 0. The number of esters is 1. The number of carbonyl (C=O) groups excluding carboxylic acids is 1. The van der Waals surface area contributed by atoms with Crippen LogP contribution < -0.4 is 0 Å². The van der Waals surface area contributed by atoms with Crippen molar-refractivity contribution in [2.45, 2.75) is 19.6 Å². The lowest BCUT2D eigenvalue weighted by Crippen LogP contribution is -2.14. The minimum Gasteiger partial charge on any atom is -0.446 e. The second-order valence-electron chi connectivity index (χ2n) is 4.15. The molecule has 3 nitrogen and oxygen atoms in total. The quantitative estimate of drug-likeness (QED) is 0.585. The maximum Gasteiger partial charge on any atom is 0.339 e. The van der Waals surface area contributed by atoms with Crippen molar-refractivity contribution >= 4 is 5.97 Å². The first-order valence-corrected chi connectivity index (χ1v) is 5.43. The topological polar surface area (TPSA) is 29.5 Å². The van der Waals surface area contributed by atoms with E-state index in [1.165, 1.54) is 0 Å². The normalized spacial score (nSPS) is 11.9. The van der Waals surface area contributed by atoms with Crippen LogP contribution in [0.15, 0.2) is 24.3 Å². The molecule has 0 saturated heterocycles. The molecule has 3 heteroatoms. The van der Waals surface area contributed by atoms with Crippen molar-refractivity contribution in [3.8, 4) is 12.3 Å².